The predicted octanol–water partition coefficient (Wildman–Crippen LogP) is 3.84. The number of carbonyl (C=O) groups is 1. The van der Waals surface area contributed by atoms with E-state index in [2.05, 4.69) is 15.6 Å². The van der Waals surface area contributed by atoms with Gasteiger partial charge >= 0.3 is 0 Å². The number of halogens is 2. The third kappa shape index (κ3) is 3.21. The monoisotopic (exact) mass is 303 g/mol. The van der Waals surface area contributed by atoms with Crippen LogP contribution in [0, 0.1) is 17.6 Å². The summed E-state index contributed by atoms with van der Waals surface area (Å²) in [4.78, 5) is 15.9. The quantitative estimate of drug-likeness (QED) is 0.902. The first-order chi connectivity index (χ1) is 10.6. The molecule has 1 aliphatic rings. The van der Waals surface area contributed by atoms with Gasteiger partial charge in [-0.2, -0.15) is 0 Å². The van der Waals surface area contributed by atoms with E-state index in [0.29, 0.717) is 11.5 Å². The highest BCUT2D eigenvalue weighted by Crippen LogP contribution is 2.27. The molecule has 0 aliphatic heterocycles. The van der Waals surface area contributed by atoms with Crippen molar-refractivity contribution >= 4 is 23.1 Å². The van der Waals surface area contributed by atoms with Crippen LogP contribution in [0.4, 0.5) is 26.0 Å². The normalized spacial score (nSPS) is 14.3. The van der Waals surface area contributed by atoms with Crippen molar-refractivity contribution in [3.05, 3.63) is 48.2 Å². The van der Waals surface area contributed by atoms with Crippen LogP contribution in [-0.2, 0) is 4.79 Å². The Balaban J connectivity index is 1.64. The summed E-state index contributed by atoms with van der Waals surface area (Å²) in [5.41, 5.74) is 0.710. The van der Waals surface area contributed by atoms with Crippen molar-refractivity contribution in [1.82, 2.24) is 4.98 Å². The minimum Gasteiger partial charge on any atom is -0.352 e. The second-order valence-electron chi connectivity index (χ2n) is 5.30. The molecule has 0 atom stereocenters. The predicted molar refractivity (Wildman–Crippen MR) is 79.8 cm³/mol. The number of benzene rings is 1. The molecule has 4 nitrogen and oxygen atoms in total. The number of carbonyl (C=O) groups excluding carboxylic acids is 1. The van der Waals surface area contributed by atoms with E-state index in [1.54, 1.807) is 12.1 Å². The van der Waals surface area contributed by atoms with Gasteiger partial charge in [0, 0.05) is 12.0 Å². The van der Waals surface area contributed by atoms with E-state index in [1.165, 1.54) is 18.3 Å². The van der Waals surface area contributed by atoms with Gasteiger partial charge in [0.15, 0.2) is 0 Å². The molecule has 1 aromatic carbocycles. The molecule has 0 spiro atoms. The molecule has 6 heteroatoms. The zero-order valence-electron chi connectivity index (χ0n) is 11.8. The van der Waals surface area contributed by atoms with Crippen LogP contribution in [0.2, 0.25) is 0 Å². The molecule has 0 radical (unpaired) electrons. The maximum atomic E-state index is 13.5. The number of aromatic nitrogens is 1. The number of hydrogen-bond donors (Lipinski definition) is 2. The Labute approximate surface area is 126 Å². The highest BCUT2D eigenvalue weighted by molar-refractivity contribution is 5.92. The average Bonchev–Trinajstić information content (AvgIpc) is 2.42. The Kier molecular flexibility index (Phi) is 4.00. The molecular formula is C16H15F2N3O. The van der Waals surface area contributed by atoms with E-state index in [-0.39, 0.29) is 17.5 Å². The smallest absolute Gasteiger partial charge is 0.228 e. The molecule has 1 saturated carbocycles. The summed E-state index contributed by atoms with van der Waals surface area (Å²) in [5.74, 6) is -0.767. The Morgan fingerprint density at radius 2 is 2.00 bits per heavy atom. The zero-order chi connectivity index (χ0) is 15.5. The first kappa shape index (κ1) is 14.4. The van der Waals surface area contributed by atoms with Crippen LogP contribution in [0.15, 0.2) is 36.5 Å². The number of nitrogens with one attached hydrogen (secondary N) is 2. The van der Waals surface area contributed by atoms with Gasteiger partial charge in [0.25, 0.3) is 0 Å². The van der Waals surface area contributed by atoms with E-state index in [9.17, 15) is 13.6 Å². The first-order valence-corrected chi connectivity index (χ1v) is 7.11. The van der Waals surface area contributed by atoms with E-state index in [1.807, 2.05) is 0 Å². The number of anilines is 3. The summed E-state index contributed by atoms with van der Waals surface area (Å²) >= 11 is 0. The lowest BCUT2D eigenvalue weighted by atomic mass is 9.85. The van der Waals surface area contributed by atoms with Crippen molar-refractivity contribution in [3.63, 3.8) is 0 Å². The number of pyridine rings is 1. The standard InChI is InChI=1S/C16H15F2N3O/c17-11-4-6-14(13(18)8-11)20-12-5-7-15(19-9-12)21-16(22)10-2-1-3-10/h4-10,20H,1-3H2,(H,19,21,22). The third-order valence-electron chi connectivity index (χ3n) is 3.70. The molecule has 2 aromatic rings. The molecule has 0 bridgehead atoms. The Hall–Kier alpha value is -2.50. The van der Waals surface area contributed by atoms with Gasteiger partial charge in [-0.05, 0) is 37.1 Å². The number of rotatable bonds is 4. The Morgan fingerprint density at radius 3 is 2.59 bits per heavy atom. The Bertz CT molecular complexity index is 684. The van der Waals surface area contributed by atoms with Crippen LogP contribution in [0.3, 0.4) is 0 Å². The van der Waals surface area contributed by atoms with Crippen molar-refractivity contribution in [2.24, 2.45) is 5.92 Å². The minimum atomic E-state index is -0.678. The van der Waals surface area contributed by atoms with Crippen LogP contribution in [0.5, 0.6) is 0 Å². The fourth-order valence-corrected chi connectivity index (χ4v) is 2.19. The molecule has 0 saturated heterocycles. The van der Waals surface area contributed by atoms with Crippen LogP contribution in [-0.4, -0.2) is 10.9 Å². The Morgan fingerprint density at radius 1 is 1.18 bits per heavy atom. The van der Waals surface area contributed by atoms with E-state index in [0.717, 1.165) is 25.3 Å². The van der Waals surface area contributed by atoms with Crippen molar-refractivity contribution in [2.45, 2.75) is 19.3 Å². The molecule has 1 aliphatic carbocycles. The molecular weight excluding hydrogens is 288 g/mol. The lowest BCUT2D eigenvalue weighted by molar-refractivity contribution is -0.122. The van der Waals surface area contributed by atoms with Gasteiger partial charge in [-0.25, -0.2) is 13.8 Å². The van der Waals surface area contributed by atoms with E-state index in [4.69, 9.17) is 0 Å². The van der Waals surface area contributed by atoms with Crippen LogP contribution in [0.1, 0.15) is 19.3 Å². The molecule has 0 unspecified atom stereocenters. The molecule has 1 fully saturated rings. The maximum absolute atomic E-state index is 13.5. The van der Waals surface area contributed by atoms with E-state index < -0.39 is 11.6 Å². The zero-order valence-corrected chi connectivity index (χ0v) is 11.8. The summed E-state index contributed by atoms with van der Waals surface area (Å²) in [7, 11) is 0. The molecule has 1 aromatic heterocycles. The second kappa shape index (κ2) is 6.09. The summed E-state index contributed by atoms with van der Waals surface area (Å²) in [5, 5.41) is 5.56. The van der Waals surface area contributed by atoms with Gasteiger partial charge in [-0.15, -0.1) is 0 Å². The third-order valence-corrected chi connectivity index (χ3v) is 3.70. The second-order valence-corrected chi connectivity index (χ2v) is 5.30. The van der Waals surface area contributed by atoms with Crippen LogP contribution < -0.4 is 10.6 Å². The summed E-state index contributed by atoms with van der Waals surface area (Å²) in [6.45, 7) is 0. The number of amides is 1. The van der Waals surface area contributed by atoms with Gasteiger partial charge < -0.3 is 10.6 Å². The first-order valence-electron chi connectivity index (χ1n) is 7.11. The highest BCUT2D eigenvalue weighted by atomic mass is 19.1. The number of nitrogens with zero attached hydrogens (tertiary/aromatic N) is 1. The lowest BCUT2D eigenvalue weighted by Crippen LogP contribution is -2.28. The largest absolute Gasteiger partial charge is 0.352 e. The average molecular weight is 303 g/mol. The van der Waals surface area contributed by atoms with E-state index >= 15 is 0 Å². The SMILES string of the molecule is O=C(Nc1ccc(Nc2ccc(F)cc2F)cn1)C1CCC1. The van der Waals surface area contributed by atoms with Crippen LogP contribution >= 0.6 is 0 Å². The molecule has 114 valence electrons. The van der Waals surface area contributed by atoms with Crippen molar-refractivity contribution in [3.8, 4) is 0 Å². The van der Waals surface area contributed by atoms with Crippen molar-refractivity contribution in [2.75, 3.05) is 10.6 Å². The molecule has 3 rings (SSSR count). The fraction of sp³-hybridized carbons (Fsp3) is 0.250. The van der Waals surface area contributed by atoms with Gasteiger partial charge in [0.05, 0.1) is 17.6 Å². The summed E-state index contributed by atoms with van der Waals surface area (Å²) < 4.78 is 26.4. The van der Waals surface area contributed by atoms with Crippen LogP contribution in [0.25, 0.3) is 0 Å². The molecule has 1 heterocycles. The minimum absolute atomic E-state index is 0.0101. The summed E-state index contributed by atoms with van der Waals surface area (Å²) in [6.07, 6.45) is 4.43. The fourth-order valence-electron chi connectivity index (χ4n) is 2.19. The van der Waals surface area contributed by atoms with Crippen molar-refractivity contribution < 1.29 is 13.6 Å². The topological polar surface area (TPSA) is 54.0 Å². The molecule has 2 N–H and O–H groups in total. The van der Waals surface area contributed by atoms with Crippen molar-refractivity contribution in [1.29, 1.82) is 0 Å². The van der Waals surface area contributed by atoms with Gasteiger partial charge in [-0.3, -0.25) is 4.79 Å². The molecule has 22 heavy (non-hydrogen) atoms. The molecule has 1 amide bonds. The lowest BCUT2D eigenvalue weighted by Gasteiger charge is -2.23. The highest BCUT2D eigenvalue weighted by Gasteiger charge is 2.25. The van der Waals surface area contributed by atoms with Gasteiger partial charge in [-0.1, -0.05) is 6.42 Å². The van der Waals surface area contributed by atoms with Gasteiger partial charge in [0.1, 0.15) is 17.5 Å². The maximum Gasteiger partial charge on any atom is 0.228 e. The van der Waals surface area contributed by atoms with Gasteiger partial charge in [0.2, 0.25) is 5.91 Å². The summed E-state index contributed by atoms with van der Waals surface area (Å²) in [6, 6.07) is 6.61. The number of hydrogen-bond acceptors (Lipinski definition) is 3.